The maximum atomic E-state index is 16.8. The highest BCUT2D eigenvalue weighted by molar-refractivity contribution is 8.76. The molecule has 6 heterocycles. The first-order valence-electron chi connectivity index (χ1n) is 34.3. The fourth-order valence-electron chi connectivity index (χ4n) is 24.9. The van der Waals surface area contributed by atoms with Crippen LogP contribution >= 0.6 is 21.6 Å². The van der Waals surface area contributed by atoms with Crippen molar-refractivity contribution in [2.45, 2.75) is 234 Å². The third kappa shape index (κ3) is 8.02. The van der Waals surface area contributed by atoms with Crippen molar-refractivity contribution in [3.05, 3.63) is 47.6 Å². The van der Waals surface area contributed by atoms with Gasteiger partial charge in [-0.1, -0.05) is 93.5 Å². The average molecular weight is 1240 g/mol. The summed E-state index contributed by atoms with van der Waals surface area (Å²) in [6.45, 7) is 8.42. The number of fused-ring (bicyclic) bond motifs is 1. The molecule has 10 fully saturated rings. The topological polar surface area (TPSA) is 253 Å². The number of aromatic hydroxyl groups is 1. The van der Waals surface area contributed by atoms with Gasteiger partial charge in [-0.05, 0) is 192 Å². The van der Waals surface area contributed by atoms with Crippen molar-refractivity contribution in [3.8, 4) is 5.75 Å². The fourth-order valence-corrected chi connectivity index (χ4v) is 28.0. The van der Waals surface area contributed by atoms with Gasteiger partial charge in [0.2, 0.25) is 5.91 Å². The second-order valence-electron chi connectivity index (χ2n) is 31.7. The number of carbonyl (C=O) groups is 2. The SMILES string of the molecule is COCCC1CCC(C2CCC3(CN4C(=O)C35C(CO)CCCC5CSSC(O)C35CC(O)C(O)(CO)C6(CCCC6)C3(C)C3CC6C=CCC(O)(C7OC7C(C)C(C)C)C7CCC(O)(C3=CC5=O)C67CCc3cc(O)cc4c3)C2O)NC12CCCC2. The van der Waals surface area contributed by atoms with Gasteiger partial charge in [-0.15, -0.1) is 0 Å². The number of aliphatic hydroxyl groups is 8. The molecule has 10 N–H and O–H groups in total. The summed E-state index contributed by atoms with van der Waals surface area (Å²) in [6, 6.07) is 5.44. The first-order valence-corrected chi connectivity index (χ1v) is 36.6. The van der Waals surface area contributed by atoms with Crippen LogP contribution in [-0.4, -0.2) is 155 Å². The Morgan fingerprint density at radius 1 is 0.874 bits per heavy atom. The summed E-state index contributed by atoms with van der Waals surface area (Å²) in [5.41, 5.74) is -12.7. The predicted molar refractivity (Wildman–Crippen MR) is 334 cm³/mol. The number of allylic oxidation sites excluding steroid dienone is 2. The van der Waals surface area contributed by atoms with Crippen molar-refractivity contribution in [1.82, 2.24) is 5.32 Å². The van der Waals surface area contributed by atoms with Crippen LogP contribution in [0.5, 0.6) is 5.75 Å². The number of amides is 1. The molecule has 0 radical (unpaired) electrons. The number of phenolic OH excluding ortho intramolecular Hbond substituents is 1. The van der Waals surface area contributed by atoms with Gasteiger partial charge in [-0.2, -0.15) is 0 Å². The molecule has 9 aliphatic carbocycles. The lowest BCUT2D eigenvalue weighted by molar-refractivity contribution is -0.309. The molecule has 16 rings (SSSR count). The predicted octanol–water partition coefficient (Wildman–Crippen LogP) is 8.32. The van der Waals surface area contributed by atoms with E-state index < -0.39 is 109 Å². The van der Waals surface area contributed by atoms with E-state index in [0.717, 1.165) is 56.9 Å². The number of hydrogen-bond acceptors (Lipinski definition) is 16. The number of methoxy groups -OCH3 is 1. The van der Waals surface area contributed by atoms with Crippen LogP contribution < -0.4 is 10.2 Å². The summed E-state index contributed by atoms with van der Waals surface area (Å²) in [5.74, 6) is -2.00. The van der Waals surface area contributed by atoms with E-state index in [1.54, 1.807) is 25.3 Å². The molecule has 7 saturated carbocycles. The minimum Gasteiger partial charge on any atom is -0.508 e. The zero-order valence-electron chi connectivity index (χ0n) is 52.3. The number of ketones is 1. The van der Waals surface area contributed by atoms with Crippen molar-refractivity contribution in [3.63, 3.8) is 0 Å². The van der Waals surface area contributed by atoms with Crippen LogP contribution in [0.4, 0.5) is 5.69 Å². The van der Waals surface area contributed by atoms with E-state index in [1.807, 2.05) is 17.9 Å². The number of epoxide rings is 1. The van der Waals surface area contributed by atoms with Crippen molar-refractivity contribution >= 4 is 39.0 Å². The van der Waals surface area contributed by atoms with Gasteiger partial charge < -0.3 is 65.6 Å². The van der Waals surface area contributed by atoms with Crippen LogP contribution in [0.15, 0.2) is 42.0 Å². The number of carbonyl (C=O) groups excluding carboxylic acids is 2. The Kier molecular flexibility index (Phi) is 15.6. The van der Waals surface area contributed by atoms with E-state index in [2.05, 4.69) is 38.2 Å². The summed E-state index contributed by atoms with van der Waals surface area (Å²) in [6.07, 6.45) is 17.0. The Morgan fingerprint density at radius 2 is 1.63 bits per heavy atom. The van der Waals surface area contributed by atoms with Gasteiger partial charge in [-0.25, -0.2) is 0 Å². The van der Waals surface area contributed by atoms with Gasteiger partial charge in [0.05, 0.1) is 41.3 Å². The molecule has 6 spiro atoms. The number of ether oxygens (including phenoxy) is 2. The molecule has 8 bridgehead atoms. The zero-order valence-corrected chi connectivity index (χ0v) is 54.0. The first kappa shape index (κ1) is 62.4. The molecule has 22 atom stereocenters. The standard InChI is InChI=1S/C70H102N2O13S2/c1-40(2)41(3)56-58(85-56)67(81)25-11-14-44-32-50-51-34-54(76)66(35-55(77)69(83,39-74)64(61(50,66)4)23-8-9-24-64)60(80)87-86-37-46-13-10-12-45(36-73)70(46)59(79)72(47-30-42(31-48(75)33-47)17-27-65(44)53(67)19-28-68(51,65)82)38-62(70)26-18-49(57(62)78)52-16-15-43(20-29-84-5)63(71-52)21-6-7-22-63/h11,14,30-31,33-34,40-41,43-46,49-50,52-53,55-58,60,71,73-75,77-78,80-83H,6-10,12-13,15-29,32,35-39H2,1-5H3. The first-order chi connectivity index (χ1) is 41.5. The van der Waals surface area contributed by atoms with Gasteiger partial charge in [0, 0.05) is 84.0 Å². The van der Waals surface area contributed by atoms with E-state index >= 15 is 9.59 Å². The number of piperidine rings is 1. The molecule has 15 nitrogen and oxygen atoms in total. The summed E-state index contributed by atoms with van der Waals surface area (Å²) >= 11 is 0. The van der Waals surface area contributed by atoms with Crippen molar-refractivity contribution in [2.24, 2.45) is 85.8 Å². The summed E-state index contributed by atoms with van der Waals surface area (Å²) in [7, 11) is 4.35. The Labute approximate surface area is 523 Å². The summed E-state index contributed by atoms with van der Waals surface area (Å²) in [4.78, 5) is 35.1. The van der Waals surface area contributed by atoms with E-state index in [9.17, 15) is 46.0 Å². The number of anilines is 1. The number of aryl methyl sites for hydroxylation is 1. The van der Waals surface area contributed by atoms with Crippen molar-refractivity contribution < 1.29 is 65.0 Å². The van der Waals surface area contributed by atoms with Crippen LogP contribution in [0, 0.1) is 85.8 Å². The number of hydrogen-bond donors (Lipinski definition) is 10. The number of rotatable bonds is 9. The molecule has 15 aliphatic rings. The summed E-state index contributed by atoms with van der Waals surface area (Å²) < 4.78 is 12.3. The Bertz CT molecular complexity index is 2920. The van der Waals surface area contributed by atoms with Gasteiger partial charge >= 0.3 is 0 Å². The minimum atomic E-state index is -2.06. The number of nitrogens with zero attached hydrogens (tertiary/aromatic N) is 1. The normalized spacial score (nSPS) is 49.0. The maximum absolute atomic E-state index is 16.8. The molecule has 1 aromatic carbocycles. The molecule has 6 aliphatic heterocycles. The Morgan fingerprint density at radius 3 is 2.36 bits per heavy atom. The van der Waals surface area contributed by atoms with Crippen LogP contribution in [0.25, 0.3) is 0 Å². The number of phenols is 1. The molecule has 482 valence electrons. The highest BCUT2D eigenvalue weighted by Crippen LogP contribution is 2.81. The van der Waals surface area contributed by atoms with Crippen molar-refractivity contribution in [2.75, 3.05) is 44.1 Å². The van der Waals surface area contributed by atoms with Crippen LogP contribution in [0.3, 0.4) is 0 Å². The Hall–Kier alpha value is -2.10. The van der Waals surface area contributed by atoms with Gasteiger partial charge in [0.15, 0.2) is 5.78 Å². The monoisotopic (exact) mass is 1240 g/mol. The van der Waals surface area contributed by atoms with E-state index in [4.69, 9.17) is 9.47 Å². The van der Waals surface area contributed by atoms with E-state index in [0.29, 0.717) is 113 Å². The molecule has 1 aromatic rings. The smallest absolute Gasteiger partial charge is 0.234 e. The second kappa shape index (κ2) is 21.7. The third-order valence-corrected chi connectivity index (χ3v) is 31.8. The molecule has 87 heavy (non-hydrogen) atoms. The third-order valence-electron chi connectivity index (χ3n) is 29.2. The summed E-state index contributed by atoms with van der Waals surface area (Å²) in [5, 5.41) is 122. The molecule has 3 saturated heterocycles. The molecule has 17 heteroatoms. The molecular weight excluding hydrogens is 1140 g/mol. The lowest BCUT2D eigenvalue weighted by atomic mass is 9.31. The molecule has 0 aromatic heterocycles. The van der Waals surface area contributed by atoms with E-state index in [1.165, 1.54) is 21.6 Å². The average Bonchev–Trinajstić information content (AvgIpc) is 1.62. The largest absolute Gasteiger partial charge is 0.508 e. The quantitative estimate of drug-likeness (QED) is 0.0634. The number of aliphatic hydroxyl groups excluding tert-OH is 5. The lowest BCUT2D eigenvalue weighted by Gasteiger charge is -2.74. The van der Waals surface area contributed by atoms with Crippen LogP contribution in [-0.2, 0) is 25.5 Å². The Balaban J connectivity index is 0.940. The molecule has 22 unspecified atom stereocenters. The lowest BCUT2D eigenvalue weighted by Crippen LogP contribution is -2.79. The second-order valence-corrected chi connectivity index (χ2v) is 34.2. The van der Waals surface area contributed by atoms with Gasteiger partial charge in [0.25, 0.3) is 0 Å². The fraction of sp³-hybridized carbons (Fsp3) is 0.829. The van der Waals surface area contributed by atoms with E-state index in [-0.39, 0.29) is 79.0 Å². The van der Waals surface area contributed by atoms with Crippen molar-refractivity contribution in [1.29, 1.82) is 0 Å². The maximum Gasteiger partial charge on any atom is 0.234 e. The highest BCUT2D eigenvalue weighted by atomic mass is 33.1. The minimum absolute atomic E-state index is 0.0165. The van der Waals surface area contributed by atoms with Gasteiger partial charge in [0.1, 0.15) is 28.5 Å². The highest BCUT2D eigenvalue weighted by Gasteiger charge is 2.84. The zero-order chi connectivity index (χ0) is 61.3. The van der Waals surface area contributed by atoms with Crippen LogP contribution in [0.1, 0.15) is 175 Å². The molecular formula is C70H102N2O13S2. The number of benzene rings is 1. The van der Waals surface area contributed by atoms with Crippen LogP contribution in [0.2, 0.25) is 0 Å². The van der Waals surface area contributed by atoms with Gasteiger partial charge in [-0.3, -0.25) is 9.59 Å². The molecule has 1 amide bonds. The number of nitrogens with one attached hydrogen (secondary N) is 1.